The Balaban J connectivity index is 1.54. The lowest BCUT2D eigenvalue weighted by Gasteiger charge is -2.09. The molecule has 0 spiro atoms. The van der Waals surface area contributed by atoms with Gasteiger partial charge in [0.15, 0.2) is 0 Å². The van der Waals surface area contributed by atoms with Gasteiger partial charge in [-0.05, 0) is 42.3 Å². The first-order valence-corrected chi connectivity index (χ1v) is 8.95. The van der Waals surface area contributed by atoms with Crippen LogP contribution in [0.5, 0.6) is 0 Å². The number of hydrogen-bond acceptors (Lipinski definition) is 3. The number of carbonyl (C=O) groups excluding carboxylic acids is 1. The van der Waals surface area contributed by atoms with Crippen molar-refractivity contribution in [1.29, 1.82) is 0 Å². The smallest absolute Gasteiger partial charge is 0.269 e. The van der Waals surface area contributed by atoms with Crippen LogP contribution in [0.4, 0.5) is 10.1 Å². The van der Waals surface area contributed by atoms with E-state index < -0.39 is 0 Å². The largest absolute Gasteiger partial charge is 0.381 e. The number of pyridine rings is 1. The molecule has 2 aromatic carbocycles. The fourth-order valence-corrected chi connectivity index (χ4v) is 2.82. The number of amides is 1. The van der Waals surface area contributed by atoms with Gasteiger partial charge in [-0.1, -0.05) is 41.9 Å². The monoisotopic (exact) mass is 383 g/mol. The van der Waals surface area contributed by atoms with Crippen LogP contribution in [0.25, 0.3) is 0 Å². The number of anilines is 1. The molecule has 4 nitrogen and oxygen atoms in total. The summed E-state index contributed by atoms with van der Waals surface area (Å²) in [6, 6.07) is 17.5. The number of hydrogen-bond donors (Lipinski definition) is 2. The fourth-order valence-electron chi connectivity index (χ4n) is 2.61. The van der Waals surface area contributed by atoms with Crippen LogP contribution in [0, 0.1) is 5.82 Å². The zero-order valence-electron chi connectivity index (χ0n) is 14.6. The highest BCUT2D eigenvalue weighted by molar-refractivity contribution is 6.30. The Morgan fingerprint density at radius 2 is 1.93 bits per heavy atom. The van der Waals surface area contributed by atoms with Crippen molar-refractivity contribution in [1.82, 2.24) is 10.3 Å². The third kappa shape index (κ3) is 5.53. The Morgan fingerprint density at radius 3 is 2.74 bits per heavy atom. The molecule has 0 atom stereocenters. The van der Waals surface area contributed by atoms with Gasteiger partial charge in [0.2, 0.25) is 0 Å². The molecule has 27 heavy (non-hydrogen) atoms. The first kappa shape index (κ1) is 18.9. The summed E-state index contributed by atoms with van der Waals surface area (Å²) in [5.74, 6) is -0.524. The molecule has 0 unspecified atom stereocenters. The number of benzene rings is 2. The van der Waals surface area contributed by atoms with E-state index in [1.54, 1.807) is 36.5 Å². The molecule has 0 bridgehead atoms. The van der Waals surface area contributed by atoms with Gasteiger partial charge >= 0.3 is 0 Å². The van der Waals surface area contributed by atoms with E-state index in [0.717, 1.165) is 5.56 Å². The summed E-state index contributed by atoms with van der Waals surface area (Å²) in [7, 11) is 0. The Labute approximate surface area is 162 Å². The van der Waals surface area contributed by atoms with E-state index in [4.69, 9.17) is 11.6 Å². The van der Waals surface area contributed by atoms with E-state index in [-0.39, 0.29) is 11.7 Å². The molecule has 138 valence electrons. The summed E-state index contributed by atoms with van der Waals surface area (Å²) < 4.78 is 13.7. The predicted octanol–water partition coefficient (Wildman–Crippen LogP) is 4.46. The van der Waals surface area contributed by atoms with Crippen LogP contribution in [-0.4, -0.2) is 17.4 Å². The lowest BCUT2D eigenvalue weighted by Crippen LogP contribution is -2.26. The number of rotatable bonds is 7. The highest BCUT2D eigenvalue weighted by atomic mass is 35.5. The van der Waals surface area contributed by atoms with Crippen LogP contribution < -0.4 is 10.6 Å². The topological polar surface area (TPSA) is 54.0 Å². The third-order valence-electron chi connectivity index (χ3n) is 4.02. The molecule has 1 aromatic heterocycles. The summed E-state index contributed by atoms with van der Waals surface area (Å²) in [4.78, 5) is 16.4. The molecular weight excluding hydrogens is 365 g/mol. The predicted molar refractivity (Wildman–Crippen MR) is 105 cm³/mol. The molecule has 0 aliphatic rings. The van der Waals surface area contributed by atoms with Gasteiger partial charge in [0.1, 0.15) is 11.5 Å². The van der Waals surface area contributed by atoms with Gasteiger partial charge in [-0.25, -0.2) is 4.39 Å². The number of nitrogens with zero attached hydrogens (tertiary/aromatic N) is 1. The summed E-state index contributed by atoms with van der Waals surface area (Å²) in [5, 5.41) is 6.63. The Morgan fingerprint density at radius 1 is 1.07 bits per heavy atom. The van der Waals surface area contributed by atoms with Crippen LogP contribution in [0.1, 0.15) is 21.6 Å². The summed E-state index contributed by atoms with van der Waals surface area (Å²) >= 11 is 5.96. The molecule has 0 saturated carbocycles. The zero-order chi connectivity index (χ0) is 19.1. The highest BCUT2D eigenvalue weighted by Crippen LogP contribution is 2.13. The van der Waals surface area contributed by atoms with Gasteiger partial charge in [0.05, 0.1) is 0 Å². The molecule has 1 heterocycles. The van der Waals surface area contributed by atoms with Gasteiger partial charge in [-0.15, -0.1) is 0 Å². The Bertz CT molecular complexity index is 933. The number of nitrogens with one attached hydrogen (secondary N) is 2. The second-order valence-corrected chi connectivity index (χ2v) is 6.45. The van der Waals surface area contributed by atoms with Crippen molar-refractivity contribution >= 4 is 23.2 Å². The average molecular weight is 384 g/mol. The van der Waals surface area contributed by atoms with Crippen molar-refractivity contribution < 1.29 is 9.18 Å². The minimum absolute atomic E-state index is 0.258. The van der Waals surface area contributed by atoms with E-state index in [2.05, 4.69) is 15.6 Å². The number of carbonyl (C=O) groups is 1. The number of aromatic nitrogens is 1. The van der Waals surface area contributed by atoms with E-state index in [1.165, 1.54) is 6.07 Å². The minimum atomic E-state index is -0.266. The van der Waals surface area contributed by atoms with Crippen LogP contribution in [0.3, 0.4) is 0 Å². The van der Waals surface area contributed by atoms with Crippen molar-refractivity contribution in [3.8, 4) is 0 Å². The van der Waals surface area contributed by atoms with Gasteiger partial charge in [-0.2, -0.15) is 0 Å². The Hall–Kier alpha value is -2.92. The highest BCUT2D eigenvalue weighted by Gasteiger charge is 2.08. The molecule has 2 N–H and O–H groups in total. The van der Waals surface area contributed by atoms with Crippen LogP contribution in [-0.2, 0) is 13.0 Å². The molecule has 3 rings (SSSR count). The van der Waals surface area contributed by atoms with Gasteiger partial charge < -0.3 is 10.6 Å². The summed E-state index contributed by atoms with van der Waals surface area (Å²) in [6.45, 7) is 0.806. The number of halogens is 2. The quantitative estimate of drug-likeness (QED) is 0.633. The maximum absolute atomic E-state index is 13.7. The Kier molecular flexibility index (Phi) is 6.39. The maximum atomic E-state index is 13.7. The maximum Gasteiger partial charge on any atom is 0.269 e. The second-order valence-electron chi connectivity index (χ2n) is 6.01. The molecule has 0 fully saturated rings. The van der Waals surface area contributed by atoms with Crippen LogP contribution in [0.15, 0.2) is 66.9 Å². The minimum Gasteiger partial charge on any atom is -0.381 e. The van der Waals surface area contributed by atoms with Crippen molar-refractivity contribution in [3.63, 3.8) is 0 Å². The normalized spacial score (nSPS) is 10.4. The van der Waals surface area contributed by atoms with Crippen molar-refractivity contribution in [2.75, 3.05) is 11.9 Å². The van der Waals surface area contributed by atoms with Crippen molar-refractivity contribution in [2.24, 2.45) is 0 Å². The molecule has 0 aliphatic carbocycles. The third-order valence-corrected chi connectivity index (χ3v) is 4.26. The van der Waals surface area contributed by atoms with E-state index in [0.29, 0.717) is 41.5 Å². The summed E-state index contributed by atoms with van der Waals surface area (Å²) in [6.07, 6.45) is 2.23. The molecule has 6 heteroatoms. The lowest BCUT2D eigenvalue weighted by atomic mass is 10.1. The fraction of sp³-hybridized carbons (Fsp3) is 0.143. The van der Waals surface area contributed by atoms with Gasteiger partial charge in [-0.3, -0.25) is 9.78 Å². The van der Waals surface area contributed by atoms with Crippen molar-refractivity contribution in [3.05, 3.63) is 94.5 Å². The molecular formula is C21H19ClFN3O. The standard InChI is InChI=1S/C21H19ClFN3O/c22-17-6-3-4-15(12-17)8-10-25-21(27)20-13-18(9-11-24-20)26-14-16-5-1-2-7-19(16)23/h1-7,9,11-13H,8,10,14H2,(H,24,26)(H,25,27). The van der Waals surface area contributed by atoms with E-state index >= 15 is 0 Å². The summed E-state index contributed by atoms with van der Waals surface area (Å²) in [5.41, 5.74) is 2.62. The molecule has 0 radical (unpaired) electrons. The SMILES string of the molecule is O=C(NCCc1cccc(Cl)c1)c1cc(NCc2ccccc2F)ccn1. The molecule has 1 amide bonds. The average Bonchev–Trinajstić information content (AvgIpc) is 2.67. The molecule has 3 aromatic rings. The zero-order valence-corrected chi connectivity index (χ0v) is 15.3. The van der Waals surface area contributed by atoms with Crippen LogP contribution in [0.2, 0.25) is 5.02 Å². The van der Waals surface area contributed by atoms with Crippen molar-refractivity contribution in [2.45, 2.75) is 13.0 Å². The van der Waals surface area contributed by atoms with E-state index in [9.17, 15) is 9.18 Å². The van der Waals surface area contributed by atoms with E-state index in [1.807, 2.05) is 24.3 Å². The second kappa shape index (κ2) is 9.14. The van der Waals surface area contributed by atoms with Gasteiger partial charge in [0, 0.05) is 35.6 Å². The first-order valence-electron chi connectivity index (χ1n) is 8.58. The lowest BCUT2D eigenvalue weighted by molar-refractivity contribution is 0.0949. The van der Waals surface area contributed by atoms with Gasteiger partial charge in [0.25, 0.3) is 5.91 Å². The van der Waals surface area contributed by atoms with Crippen LogP contribution >= 0.6 is 11.6 Å². The first-order chi connectivity index (χ1) is 13.1. The molecule has 0 saturated heterocycles. The molecule has 0 aliphatic heterocycles.